The van der Waals surface area contributed by atoms with Crippen LogP contribution in [-0.4, -0.2) is 5.78 Å². The summed E-state index contributed by atoms with van der Waals surface area (Å²) < 4.78 is 0. The summed E-state index contributed by atoms with van der Waals surface area (Å²) in [5.74, 6) is 0.470. The summed E-state index contributed by atoms with van der Waals surface area (Å²) in [6, 6.07) is 5.91. The van der Waals surface area contributed by atoms with Gasteiger partial charge in [0, 0.05) is 17.4 Å². The first-order chi connectivity index (χ1) is 8.18. The van der Waals surface area contributed by atoms with E-state index in [0.29, 0.717) is 17.2 Å². The van der Waals surface area contributed by atoms with Crippen molar-refractivity contribution in [3.63, 3.8) is 0 Å². The third kappa shape index (κ3) is 1.99. The lowest BCUT2D eigenvalue weighted by Crippen LogP contribution is -2.10. The number of benzene rings is 1. The van der Waals surface area contributed by atoms with Crippen LogP contribution in [0.3, 0.4) is 0 Å². The van der Waals surface area contributed by atoms with Crippen LogP contribution < -0.4 is 0 Å². The van der Waals surface area contributed by atoms with Gasteiger partial charge in [-0.3, -0.25) is 4.79 Å². The van der Waals surface area contributed by atoms with Gasteiger partial charge in [-0.15, -0.1) is 0 Å². The van der Waals surface area contributed by atoms with Gasteiger partial charge >= 0.3 is 0 Å². The number of carbonyl (C=O) groups excluding carboxylic acids is 1. The van der Waals surface area contributed by atoms with Gasteiger partial charge < -0.3 is 0 Å². The van der Waals surface area contributed by atoms with Crippen LogP contribution in [-0.2, 0) is 11.2 Å². The molecule has 1 nitrogen and oxygen atoms in total. The predicted molar refractivity (Wildman–Crippen MR) is 76.0 cm³/mol. The van der Waals surface area contributed by atoms with Crippen LogP contribution in [0.25, 0.3) is 0 Å². The molecule has 1 saturated carbocycles. The van der Waals surface area contributed by atoms with Gasteiger partial charge in [0.25, 0.3) is 0 Å². The lowest BCUT2D eigenvalue weighted by atomic mass is 10.0. The Morgan fingerprint density at radius 1 is 1.22 bits per heavy atom. The average Bonchev–Trinajstić information content (AvgIpc) is 2.62. The van der Waals surface area contributed by atoms with Crippen LogP contribution in [0.4, 0.5) is 0 Å². The van der Waals surface area contributed by atoms with Crippen LogP contribution in [0, 0.1) is 23.7 Å². The molecule has 0 saturated heterocycles. The topological polar surface area (TPSA) is 17.1 Å². The number of rotatable bonds is 3. The number of carbonyl (C=O) groups is 1. The number of hydrogen-bond acceptors (Lipinski definition) is 1. The van der Waals surface area contributed by atoms with Gasteiger partial charge in [-0.2, -0.15) is 0 Å². The first-order valence-electron chi connectivity index (χ1n) is 6.45. The van der Waals surface area contributed by atoms with E-state index in [2.05, 4.69) is 27.7 Å². The highest BCUT2D eigenvalue weighted by molar-refractivity contribution is 6.31. The van der Waals surface area contributed by atoms with E-state index in [1.807, 2.05) is 25.1 Å². The van der Waals surface area contributed by atoms with Gasteiger partial charge in [0.1, 0.15) is 5.78 Å². The average molecular weight is 265 g/mol. The molecule has 1 aliphatic rings. The number of Topliss-reactive ketones (excluding diaryl/α,β-unsaturated/α-hetero) is 1. The third-order valence-corrected chi connectivity index (χ3v) is 5.27. The van der Waals surface area contributed by atoms with Crippen LogP contribution >= 0.6 is 11.6 Å². The predicted octanol–water partition coefficient (Wildman–Crippen LogP) is 4.44. The quantitative estimate of drug-likeness (QED) is 0.789. The van der Waals surface area contributed by atoms with Crippen LogP contribution in [0.15, 0.2) is 18.2 Å². The Morgan fingerprint density at radius 2 is 1.78 bits per heavy atom. The first-order valence-corrected chi connectivity index (χ1v) is 6.83. The van der Waals surface area contributed by atoms with Gasteiger partial charge in [0.05, 0.1) is 0 Å². The van der Waals surface area contributed by atoms with Crippen LogP contribution in [0.5, 0.6) is 0 Å². The fourth-order valence-corrected chi connectivity index (χ4v) is 3.39. The zero-order valence-corrected chi connectivity index (χ0v) is 12.6. The molecule has 0 aliphatic heterocycles. The second kappa shape index (κ2) is 4.09. The second-order valence-electron chi connectivity index (χ2n) is 6.61. The van der Waals surface area contributed by atoms with E-state index in [9.17, 15) is 4.79 Å². The standard InChI is InChI=1S/C16H21ClO/c1-10-6-7-11(12(17)8-10)9-13(18)14-15(2,3)16(14,4)5/h6-8,14H,9H2,1-5H3. The molecule has 0 amide bonds. The summed E-state index contributed by atoms with van der Waals surface area (Å²) in [5.41, 5.74) is 2.30. The molecule has 0 aromatic heterocycles. The molecule has 1 aromatic rings. The fraction of sp³-hybridized carbons (Fsp3) is 0.562. The van der Waals surface area contributed by atoms with Crippen molar-refractivity contribution in [2.75, 3.05) is 0 Å². The molecule has 1 fully saturated rings. The molecule has 2 rings (SSSR count). The molecule has 2 heteroatoms. The molecule has 0 unspecified atom stereocenters. The minimum absolute atomic E-state index is 0.112. The minimum atomic E-state index is 0.112. The molecule has 0 spiro atoms. The van der Waals surface area contributed by atoms with Crippen molar-refractivity contribution in [2.24, 2.45) is 16.7 Å². The summed E-state index contributed by atoms with van der Waals surface area (Å²) >= 11 is 6.19. The van der Waals surface area contributed by atoms with Gasteiger partial charge in [-0.25, -0.2) is 0 Å². The third-order valence-electron chi connectivity index (χ3n) is 4.92. The van der Waals surface area contributed by atoms with E-state index in [4.69, 9.17) is 11.6 Å². The molecule has 1 aromatic carbocycles. The highest BCUT2D eigenvalue weighted by Gasteiger charge is 2.67. The summed E-state index contributed by atoms with van der Waals surface area (Å²) in [4.78, 5) is 12.4. The van der Waals surface area contributed by atoms with Crippen molar-refractivity contribution < 1.29 is 4.79 Å². The normalized spacial score (nSPS) is 20.8. The molecule has 98 valence electrons. The largest absolute Gasteiger partial charge is 0.299 e. The Hall–Kier alpha value is -0.820. The number of hydrogen-bond donors (Lipinski definition) is 0. The Labute approximate surface area is 115 Å². The Kier molecular flexibility index (Phi) is 3.09. The molecule has 0 atom stereocenters. The first kappa shape index (κ1) is 13.6. The lowest BCUT2D eigenvalue weighted by molar-refractivity contribution is -0.120. The molecule has 1 aliphatic carbocycles. The van der Waals surface area contributed by atoms with Crippen LogP contribution in [0.1, 0.15) is 38.8 Å². The van der Waals surface area contributed by atoms with E-state index >= 15 is 0 Å². The molecule has 18 heavy (non-hydrogen) atoms. The molecular formula is C16H21ClO. The number of aryl methyl sites for hydroxylation is 1. The van der Waals surface area contributed by atoms with E-state index in [-0.39, 0.29) is 16.7 Å². The van der Waals surface area contributed by atoms with Gasteiger partial charge in [-0.1, -0.05) is 51.4 Å². The Bertz CT molecular complexity index is 486. The summed E-state index contributed by atoms with van der Waals surface area (Å²) in [6.45, 7) is 10.7. The maximum Gasteiger partial charge on any atom is 0.141 e. The SMILES string of the molecule is Cc1ccc(CC(=O)C2C(C)(C)C2(C)C)c(Cl)c1. The minimum Gasteiger partial charge on any atom is -0.299 e. The monoisotopic (exact) mass is 264 g/mol. The highest BCUT2D eigenvalue weighted by atomic mass is 35.5. The fourth-order valence-electron chi connectivity index (χ4n) is 3.09. The van der Waals surface area contributed by atoms with Crippen molar-refractivity contribution in [3.05, 3.63) is 34.3 Å². The molecule has 0 radical (unpaired) electrons. The maximum absolute atomic E-state index is 12.4. The lowest BCUT2D eigenvalue weighted by Gasteiger charge is -2.06. The Balaban J connectivity index is 2.14. The van der Waals surface area contributed by atoms with E-state index in [1.54, 1.807) is 0 Å². The second-order valence-corrected chi connectivity index (χ2v) is 7.02. The molecular weight excluding hydrogens is 244 g/mol. The van der Waals surface area contributed by atoms with Crippen molar-refractivity contribution in [3.8, 4) is 0 Å². The van der Waals surface area contributed by atoms with Crippen molar-refractivity contribution in [1.82, 2.24) is 0 Å². The number of ketones is 1. The summed E-state index contributed by atoms with van der Waals surface area (Å²) in [6.07, 6.45) is 0.455. The maximum atomic E-state index is 12.4. The van der Waals surface area contributed by atoms with Gasteiger partial charge in [-0.05, 0) is 34.9 Å². The van der Waals surface area contributed by atoms with Crippen molar-refractivity contribution in [2.45, 2.75) is 41.0 Å². The van der Waals surface area contributed by atoms with Crippen LogP contribution in [0.2, 0.25) is 5.02 Å². The molecule has 0 heterocycles. The van der Waals surface area contributed by atoms with Crippen molar-refractivity contribution in [1.29, 1.82) is 0 Å². The summed E-state index contributed by atoms with van der Waals surface area (Å²) in [5, 5.41) is 0.708. The molecule has 0 N–H and O–H groups in total. The van der Waals surface area contributed by atoms with E-state index in [1.165, 1.54) is 0 Å². The summed E-state index contributed by atoms with van der Waals surface area (Å²) in [7, 11) is 0. The zero-order valence-electron chi connectivity index (χ0n) is 11.8. The Morgan fingerprint density at radius 3 is 2.22 bits per heavy atom. The van der Waals surface area contributed by atoms with E-state index in [0.717, 1.165) is 11.1 Å². The van der Waals surface area contributed by atoms with Crippen molar-refractivity contribution >= 4 is 17.4 Å². The van der Waals surface area contributed by atoms with Gasteiger partial charge in [0.15, 0.2) is 0 Å². The smallest absolute Gasteiger partial charge is 0.141 e. The highest BCUT2D eigenvalue weighted by Crippen LogP contribution is 2.68. The zero-order chi connectivity index (χ0) is 13.7. The van der Waals surface area contributed by atoms with Gasteiger partial charge in [0.2, 0.25) is 0 Å². The van der Waals surface area contributed by atoms with E-state index < -0.39 is 0 Å². The number of halogens is 1. The molecule has 0 bridgehead atoms.